The number of benzene rings is 3. The van der Waals surface area contributed by atoms with E-state index in [4.69, 9.17) is 11.6 Å². The highest BCUT2D eigenvalue weighted by Gasteiger charge is 2.23. The smallest absolute Gasteiger partial charge is 0.337 e. The Bertz CT molecular complexity index is 1640. The van der Waals surface area contributed by atoms with Gasteiger partial charge in [-0.25, -0.2) is 9.36 Å². The summed E-state index contributed by atoms with van der Waals surface area (Å²) >= 11 is 5.95. The second-order valence-electron chi connectivity index (χ2n) is 10.1. The number of carbonyl (C=O) groups excluding carboxylic acids is 2. The molecular formula is C30H29ClN4O4. The van der Waals surface area contributed by atoms with Crippen LogP contribution in [0.3, 0.4) is 0 Å². The Kier molecular flexibility index (Phi) is 8.16. The molecule has 9 heteroatoms. The first-order valence-electron chi connectivity index (χ1n) is 12.4. The van der Waals surface area contributed by atoms with E-state index in [9.17, 15) is 19.2 Å². The number of hydrogen-bond acceptors (Lipinski definition) is 4. The van der Waals surface area contributed by atoms with E-state index in [0.29, 0.717) is 16.3 Å². The Morgan fingerprint density at radius 3 is 2.26 bits per heavy atom. The molecule has 0 saturated heterocycles. The molecule has 0 atom stereocenters. The van der Waals surface area contributed by atoms with E-state index in [1.54, 1.807) is 30.3 Å². The third-order valence-electron chi connectivity index (χ3n) is 6.09. The minimum absolute atomic E-state index is 0.00742. The van der Waals surface area contributed by atoms with Gasteiger partial charge in [0.05, 0.1) is 18.8 Å². The first-order chi connectivity index (χ1) is 18.5. The van der Waals surface area contributed by atoms with Crippen LogP contribution in [0.5, 0.6) is 0 Å². The number of halogens is 1. The standard InChI is InChI=1S/C30H29ClN4O4/c1-30(2,3)23-14-7-8-15-24(23)35-25(17-27(37)34(29(35)39)19-20-10-5-4-6-11-20)33-26(36)18-32-28(38)21-12-9-13-22(31)16-21/h4-17H,18-19H2,1-3H3,(H,32,38)(H,33,36). The van der Waals surface area contributed by atoms with Crippen LogP contribution in [-0.4, -0.2) is 27.5 Å². The summed E-state index contributed by atoms with van der Waals surface area (Å²) in [5.41, 5.74) is 0.968. The fourth-order valence-electron chi connectivity index (χ4n) is 4.20. The molecule has 0 fully saturated rings. The van der Waals surface area contributed by atoms with Crippen LogP contribution in [0, 0.1) is 0 Å². The van der Waals surface area contributed by atoms with Gasteiger partial charge in [-0.1, -0.05) is 87.0 Å². The summed E-state index contributed by atoms with van der Waals surface area (Å²) in [7, 11) is 0. The lowest BCUT2D eigenvalue weighted by Crippen LogP contribution is -2.42. The van der Waals surface area contributed by atoms with Crippen molar-refractivity contribution < 1.29 is 9.59 Å². The first-order valence-corrected chi connectivity index (χ1v) is 12.8. The van der Waals surface area contributed by atoms with Gasteiger partial charge in [-0.15, -0.1) is 0 Å². The van der Waals surface area contributed by atoms with Crippen LogP contribution in [0.1, 0.15) is 42.3 Å². The molecule has 4 aromatic rings. The summed E-state index contributed by atoms with van der Waals surface area (Å²) in [6.45, 7) is 5.73. The molecular weight excluding hydrogens is 516 g/mol. The molecule has 0 saturated carbocycles. The molecule has 0 aliphatic heterocycles. The van der Waals surface area contributed by atoms with Crippen molar-refractivity contribution in [2.45, 2.75) is 32.7 Å². The Hall–Kier alpha value is -4.43. The summed E-state index contributed by atoms with van der Waals surface area (Å²) in [5.74, 6) is -1.08. The molecule has 4 rings (SSSR count). The molecule has 2 N–H and O–H groups in total. The largest absolute Gasteiger partial charge is 0.343 e. The van der Waals surface area contributed by atoms with Crippen molar-refractivity contribution in [1.29, 1.82) is 0 Å². The normalized spacial score (nSPS) is 11.2. The van der Waals surface area contributed by atoms with Crippen LogP contribution < -0.4 is 21.9 Å². The van der Waals surface area contributed by atoms with Gasteiger partial charge in [0.2, 0.25) is 5.91 Å². The molecule has 2 amide bonds. The number of nitrogens with zero attached hydrogens (tertiary/aromatic N) is 2. The van der Waals surface area contributed by atoms with Gasteiger partial charge in [0, 0.05) is 16.7 Å². The maximum atomic E-state index is 13.9. The van der Waals surface area contributed by atoms with Crippen molar-refractivity contribution in [3.63, 3.8) is 0 Å². The van der Waals surface area contributed by atoms with Gasteiger partial charge in [0.1, 0.15) is 5.82 Å². The molecule has 1 heterocycles. The van der Waals surface area contributed by atoms with Crippen molar-refractivity contribution in [1.82, 2.24) is 14.5 Å². The SMILES string of the molecule is CC(C)(C)c1ccccc1-n1c(NC(=O)CNC(=O)c2cccc(Cl)c2)cc(=O)n(Cc2ccccc2)c1=O. The molecule has 0 bridgehead atoms. The minimum atomic E-state index is -0.605. The van der Waals surface area contributed by atoms with E-state index in [1.807, 2.05) is 63.2 Å². The summed E-state index contributed by atoms with van der Waals surface area (Å²) in [6, 6.07) is 24.1. The van der Waals surface area contributed by atoms with Gasteiger partial charge >= 0.3 is 5.69 Å². The summed E-state index contributed by atoms with van der Waals surface area (Å²) in [4.78, 5) is 52.3. The number of aromatic nitrogens is 2. The van der Waals surface area contributed by atoms with Crippen molar-refractivity contribution >= 4 is 29.2 Å². The third kappa shape index (κ3) is 6.53. The molecule has 0 aliphatic rings. The first kappa shape index (κ1) is 27.6. The van der Waals surface area contributed by atoms with Crippen LogP contribution >= 0.6 is 11.6 Å². The average molecular weight is 545 g/mol. The minimum Gasteiger partial charge on any atom is -0.343 e. The predicted molar refractivity (Wildman–Crippen MR) is 153 cm³/mol. The lowest BCUT2D eigenvalue weighted by molar-refractivity contribution is -0.115. The van der Waals surface area contributed by atoms with E-state index < -0.39 is 23.1 Å². The molecule has 8 nitrogen and oxygen atoms in total. The zero-order valence-corrected chi connectivity index (χ0v) is 22.7. The maximum Gasteiger partial charge on any atom is 0.337 e. The third-order valence-corrected chi connectivity index (χ3v) is 6.32. The number of anilines is 1. The summed E-state index contributed by atoms with van der Waals surface area (Å²) in [6.07, 6.45) is 0. The Balaban J connectivity index is 1.72. The van der Waals surface area contributed by atoms with Gasteiger partial charge in [0.15, 0.2) is 0 Å². The van der Waals surface area contributed by atoms with Crippen molar-refractivity contribution in [3.05, 3.63) is 127 Å². The highest BCUT2D eigenvalue weighted by Crippen LogP contribution is 2.29. The van der Waals surface area contributed by atoms with Gasteiger partial charge in [-0.2, -0.15) is 0 Å². The van der Waals surface area contributed by atoms with Gasteiger partial charge in [0.25, 0.3) is 11.5 Å². The van der Waals surface area contributed by atoms with Crippen molar-refractivity contribution in [2.75, 3.05) is 11.9 Å². The van der Waals surface area contributed by atoms with Crippen LogP contribution in [0.4, 0.5) is 5.82 Å². The van der Waals surface area contributed by atoms with Crippen LogP contribution in [0.2, 0.25) is 5.02 Å². The fraction of sp³-hybridized carbons (Fsp3) is 0.200. The highest BCUT2D eigenvalue weighted by molar-refractivity contribution is 6.31. The summed E-state index contributed by atoms with van der Waals surface area (Å²) < 4.78 is 2.47. The molecule has 0 spiro atoms. The van der Waals surface area contributed by atoms with Gasteiger partial charge < -0.3 is 10.6 Å². The van der Waals surface area contributed by atoms with Crippen LogP contribution in [0.15, 0.2) is 94.5 Å². The van der Waals surface area contributed by atoms with Crippen molar-refractivity contribution in [3.8, 4) is 5.69 Å². The van der Waals surface area contributed by atoms with E-state index >= 15 is 0 Å². The molecule has 3 aromatic carbocycles. The molecule has 0 radical (unpaired) electrons. The quantitative estimate of drug-likeness (QED) is 0.361. The zero-order valence-electron chi connectivity index (χ0n) is 21.9. The van der Waals surface area contributed by atoms with E-state index in [1.165, 1.54) is 16.7 Å². The van der Waals surface area contributed by atoms with E-state index in [-0.39, 0.29) is 24.3 Å². The van der Waals surface area contributed by atoms with Gasteiger partial charge in [-0.05, 0) is 40.8 Å². The average Bonchev–Trinajstić information content (AvgIpc) is 2.90. The summed E-state index contributed by atoms with van der Waals surface area (Å²) in [5, 5.41) is 5.58. The molecule has 39 heavy (non-hydrogen) atoms. The number of amides is 2. The fourth-order valence-corrected chi connectivity index (χ4v) is 4.39. The molecule has 0 unspecified atom stereocenters. The maximum absolute atomic E-state index is 13.9. The number of hydrogen-bond donors (Lipinski definition) is 2. The van der Waals surface area contributed by atoms with E-state index in [2.05, 4.69) is 10.6 Å². The number of nitrogens with one attached hydrogen (secondary N) is 2. The molecule has 1 aromatic heterocycles. The van der Waals surface area contributed by atoms with E-state index in [0.717, 1.165) is 15.7 Å². The van der Waals surface area contributed by atoms with Crippen LogP contribution in [0.25, 0.3) is 5.69 Å². The lowest BCUT2D eigenvalue weighted by atomic mass is 9.85. The van der Waals surface area contributed by atoms with Crippen LogP contribution in [-0.2, 0) is 16.8 Å². The molecule has 0 aliphatic carbocycles. The second kappa shape index (κ2) is 11.5. The second-order valence-corrected chi connectivity index (χ2v) is 10.5. The van der Waals surface area contributed by atoms with Gasteiger partial charge in [-0.3, -0.25) is 19.0 Å². The molecule has 200 valence electrons. The topological polar surface area (TPSA) is 102 Å². The predicted octanol–water partition coefficient (Wildman–Crippen LogP) is 4.37. The highest BCUT2D eigenvalue weighted by atomic mass is 35.5. The number of rotatable bonds is 7. The zero-order chi connectivity index (χ0) is 28.2. The lowest BCUT2D eigenvalue weighted by Gasteiger charge is -2.25. The monoisotopic (exact) mass is 544 g/mol. The number of carbonyl (C=O) groups is 2. The Morgan fingerprint density at radius 1 is 0.872 bits per heavy atom. The number of para-hydroxylation sites is 1. The Labute approximate surface area is 230 Å². The Morgan fingerprint density at radius 2 is 1.56 bits per heavy atom. The van der Waals surface area contributed by atoms with Crippen molar-refractivity contribution in [2.24, 2.45) is 0 Å².